The maximum atomic E-state index is 13.3. The van der Waals surface area contributed by atoms with Crippen molar-refractivity contribution in [3.05, 3.63) is 53.6 Å². The molecule has 0 spiro atoms. The third-order valence-corrected chi connectivity index (χ3v) is 6.71. The number of hydrogen-bond acceptors (Lipinski definition) is 3. The van der Waals surface area contributed by atoms with Crippen molar-refractivity contribution in [1.82, 2.24) is 19.8 Å². The van der Waals surface area contributed by atoms with Crippen LogP contribution in [0, 0.1) is 5.92 Å². The van der Waals surface area contributed by atoms with Gasteiger partial charge in [0.1, 0.15) is 5.69 Å². The topological polar surface area (TPSA) is 52.2 Å². The van der Waals surface area contributed by atoms with Gasteiger partial charge in [-0.25, -0.2) is 0 Å². The Kier molecular flexibility index (Phi) is 6.65. The van der Waals surface area contributed by atoms with Crippen LogP contribution in [0.4, 0.5) is 0 Å². The standard InChI is InChI=1S/C24H34N4O/c1-2-21-9-10-23(26-21)24(29)28(18-20-6-5-13-25-16-20)17-19-11-14-27(15-12-19)22-7-3-4-8-22/h5-6,9-10,13,16,19,22,26H,2-4,7-8,11-12,14-15,17-18H2,1H3. The minimum Gasteiger partial charge on any atom is -0.354 e. The Morgan fingerprint density at radius 3 is 2.62 bits per heavy atom. The molecule has 0 bridgehead atoms. The first-order valence-electron chi connectivity index (χ1n) is 11.3. The molecule has 0 unspecified atom stereocenters. The Balaban J connectivity index is 1.41. The van der Waals surface area contributed by atoms with Crippen LogP contribution in [0.5, 0.6) is 0 Å². The fraction of sp³-hybridized carbons (Fsp3) is 0.583. The Bertz CT molecular complexity index is 773. The quantitative estimate of drug-likeness (QED) is 0.763. The van der Waals surface area contributed by atoms with Gasteiger partial charge in [0, 0.05) is 37.2 Å². The average molecular weight is 395 g/mol. The molecule has 29 heavy (non-hydrogen) atoms. The number of piperidine rings is 1. The molecule has 2 aromatic heterocycles. The third kappa shape index (κ3) is 5.08. The Labute approximate surface area is 174 Å². The van der Waals surface area contributed by atoms with Gasteiger partial charge in [-0.1, -0.05) is 25.8 Å². The van der Waals surface area contributed by atoms with Crippen molar-refractivity contribution in [2.75, 3.05) is 19.6 Å². The van der Waals surface area contributed by atoms with Gasteiger partial charge in [-0.3, -0.25) is 9.78 Å². The lowest BCUT2D eigenvalue weighted by Gasteiger charge is -2.37. The number of nitrogens with zero attached hydrogens (tertiary/aromatic N) is 3. The van der Waals surface area contributed by atoms with Crippen LogP contribution in [0.1, 0.15) is 67.2 Å². The fourth-order valence-corrected chi connectivity index (χ4v) is 4.95. The lowest BCUT2D eigenvalue weighted by atomic mass is 9.94. The molecule has 1 amide bonds. The van der Waals surface area contributed by atoms with E-state index in [1.54, 1.807) is 6.20 Å². The number of pyridine rings is 1. The molecule has 4 rings (SSSR count). The highest BCUT2D eigenvalue weighted by molar-refractivity contribution is 5.92. The van der Waals surface area contributed by atoms with Crippen LogP contribution in [0.2, 0.25) is 0 Å². The van der Waals surface area contributed by atoms with Crippen molar-refractivity contribution in [3.8, 4) is 0 Å². The van der Waals surface area contributed by atoms with Crippen LogP contribution in [-0.4, -0.2) is 51.4 Å². The lowest BCUT2D eigenvalue weighted by Crippen LogP contribution is -2.43. The summed E-state index contributed by atoms with van der Waals surface area (Å²) in [5.41, 5.74) is 2.90. The Morgan fingerprint density at radius 1 is 1.17 bits per heavy atom. The molecule has 0 atom stereocenters. The second kappa shape index (κ2) is 9.57. The molecule has 3 heterocycles. The first kappa shape index (κ1) is 20.1. The van der Waals surface area contributed by atoms with Crippen LogP contribution in [-0.2, 0) is 13.0 Å². The third-order valence-electron chi connectivity index (χ3n) is 6.71. The van der Waals surface area contributed by atoms with E-state index in [0.717, 1.165) is 30.3 Å². The van der Waals surface area contributed by atoms with Crippen LogP contribution in [0.3, 0.4) is 0 Å². The van der Waals surface area contributed by atoms with E-state index in [0.29, 0.717) is 18.2 Å². The predicted octanol–water partition coefficient (Wildman–Crippen LogP) is 4.27. The number of aryl methyl sites for hydroxylation is 1. The van der Waals surface area contributed by atoms with Gasteiger partial charge in [0.25, 0.3) is 5.91 Å². The van der Waals surface area contributed by atoms with Gasteiger partial charge in [0.15, 0.2) is 0 Å². The molecule has 1 saturated carbocycles. The summed E-state index contributed by atoms with van der Waals surface area (Å²) in [4.78, 5) is 25.5. The minimum absolute atomic E-state index is 0.103. The number of carbonyl (C=O) groups excluding carboxylic acids is 1. The number of carbonyl (C=O) groups is 1. The SMILES string of the molecule is CCc1ccc(C(=O)N(Cc2cccnc2)CC2CCN(C3CCCC3)CC2)[nH]1. The zero-order valence-electron chi connectivity index (χ0n) is 17.6. The van der Waals surface area contributed by atoms with E-state index in [1.807, 2.05) is 29.3 Å². The van der Waals surface area contributed by atoms with Crippen molar-refractivity contribution < 1.29 is 4.79 Å². The molecular weight excluding hydrogens is 360 g/mol. The number of hydrogen-bond donors (Lipinski definition) is 1. The summed E-state index contributed by atoms with van der Waals surface area (Å²) in [6.07, 6.45) is 12.5. The molecule has 2 aromatic rings. The maximum absolute atomic E-state index is 13.3. The second-order valence-corrected chi connectivity index (χ2v) is 8.72. The van der Waals surface area contributed by atoms with Crippen molar-refractivity contribution in [1.29, 1.82) is 0 Å². The molecule has 1 aliphatic heterocycles. The fourth-order valence-electron chi connectivity index (χ4n) is 4.95. The van der Waals surface area contributed by atoms with Gasteiger partial charge in [0.05, 0.1) is 0 Å². The number of rotatable bonds is 7. The number of likely N-dealkylation sites (tertiary alicyclic amines) is 1. The monoisotopic (exact) mass is 394 g/mol. The minimum atomic E-state index is 0.103. The van der Waals surface area contributed by atoms with Crippen LogP contribution in [0.25, 0.3) is 0 Å². The zero-order valence-corrected chi connectivity index (χ0v) is 17.6. The van der Waals surface area contributed by atoms with E-state index < -0.39 is 0 Å². The summed E-state index contributed by atoms with van der Waals surface area (Å²) in [7, 11) is 0. The smallest absolute Gasteiger partial charge is 0.270 e. The molecule has 5 heteroatoms. The Hall–Kier alpha value is -2.14. The van der Waals surface area contributed by atoms with Crippen LogP contribution < -0.4 is 0 Å². The van der Waals surface area contributed by atoms with Crippen molar-refractivity contribution in [2.45, 2.75) is 64.5 Å². The van der Waals surface area contributed by atoms with E-state index in [1.165, 1.54) is 51.6 Å². The highest BCUT2D eigenvalue weighted by Crippen LogP contribution is 2.28. The first-order chi connectivity index (χ1) is 14.2. The lowest BCUT2D eigenvalue weighted by molar-refractivity contribution is 0.0645. The van der Waals surface area contributed by atoms with Crippen LogP contribution >= 0.6 is 0 Å². The van der Waals surface area contributed by atoms with Crippen LogP contribution in [0.15, 0.2) is 36.7 Å². The highest BCUT2D eigenvalue weighted by Gasteiger charge is 2.29. The second-order valence-electron chi connectivity index (χ2n) is 8.72. The largest absolute Gasteiger partial charge is 0.354 e. The van der Waals surface area contributed by atoms with E-state index >= 15 is 0 Å². The number of nitrogens with one attached hydrogen (secondary N) is 1. The van der Waals surface area contributed by atoms with Gasteiger partial charge >= 0.3 is 0 Å². The van der Waals surface area contributed by atoms with Crippen molar-refractivity contribution in [2.24, 2.45) is 5.92 Å². The van der Waals surface area contributed by atoms with Gasteiger partial charge in [0.2, 0.25) is 0 Å². The van der Waals surface area contributed by atoms with E-state index in [-0.39, 0.29) is 5.91 Å². The highest BCUT2D eigenvalue weighted by atomic mass is 16.2. The van der Waals surface area contributed by atoms with Crippen molar-refractivity contribution in [3.63, 3.8) is 0 Å². The van der Waals surface area contributed by atoms with E-state index in [9.17, 15) is 4.79 Å². The number of aromatic nitrogens is 2. The summed E-state index contributed by atoms with van der Waals surface area (Å²) in [5.74, 6) is 0.681. The molecule has 156 valence electrons. The van der Waals surface area contributed by atoms with Gasteiger partial charge in [-0.15, -0.1) is 0 Å². The molecule has 5 nitrogen and oxygen atoms in total. The van der Waals surface area contributed by atoms with E-state index in [4.69, 9.17) is 0 Å². The summed E-state index contributed by atoms with van der Waals surface area (Å²) >= 11 is 0. The molecule has 1 N–H and O–H groups in total. The van der Waals surface area contributed by atoms with Gasteiger partial charge < -0.3 is 14.8 Å². The molecule has 0 radical (unpaired) electrons. The number of aromatic amines is 1. The van der Waals surface area contributed by atoms with Gasteiger partial charge in [-0.2, -0.15) is 0 Å². The Morgan fingerprint density at radius 2 is 1.97 bits per heavy atom. The molecular formula is C24H34N4O. The summed E-state index contributed by atoms with van der Waals surface area (Å²) in [6.45, 7) is 5.92. The van der Waals surface area contributed by atoms with Crippen molar-refractivity contribution >= 4 is 5.91 Å². The number of H-pyrrole nitrogens is 1. The predicted molar refractivity (Wildman–Crippen MR) is 116 cm³/mol. The maximum Gasteiger partial charge on any atom is 0.270 e. The van der Waals surface area contributed by atoms with E-state index in [2.05, 4.69) is 27.9 Å². The molecule has 1 saturated heterocycles. The summed E-state index contributed by atoms with van der Waals surface area (Å²) in [6, 6.07) is 8.77. The van der Waals surface area contributed by atoms with Gasteiger partial charge in [-0.05, 0) is 74.9 Å². The molecule has 2 fully saturated rings. The number of amides is 1. The normalized spacial score (nSPS) is 18.9. The average Bonchev–Trinajstić information content (AvgIpc) is 3.46. The first-order valence-corrected chi connectivity index (χ1v) is 11.3. The summed E-state index contributed by atoms with van der Waals surface area (Å²) < 4.78 is 0. The summed E-state index contributed by atoms with van der Waals surface area (Å²) in [5, 5.41) is 0. The molecule has 0 aromatic carbocycles. The molecule has 2 aliphatic rings. The molecule has 1 aliphatic carbocycles. The zero-order chi connectivity index (χ0) is 20.1.